The number of aromatic amines is 1. The molecule has 30 heavy (non-hydrogen) atoms. The number of aromatic nitrogens is 5. The normalized spacial score (nSPS) is 11.0. The van der Waals surface area contributed by atoms with Crippen molar-refractivity contribution in [3.63, 3.8) is 0 Å². The van der Waals surface area contributed by atoms with Gasteiger partial charge in [0.05, 0.1) is 23.1 Å². The van der Waals surface area contributed by atoms with Crippen molar-refractivity contribution in [1.29, 1.82) is 0 Å². The van der Waals surface area contributed by atoms with Crippen LogP contribution in [-0.4, -0.2) is 42.1 Å². The highest BCUT2D eigenvalue weighted by molar-refractivity contribution is 5.90. The molecule has 152 valence electrons. The lowest BCUT2D eigenvalue weighted by atomic mass is 10.2. The van der Waals surface area contributed by atoms with Gasteiger partial charge in [0.25, 0.3) is 11.5 Å². The van der Waals surface area contributed by atoms with Gasteiger partial charge in [-0.25, -0.2) is 19.0 Å². The maximum Gasteiger partial charge on any atom is 0.293 e. The molecular weight excluding hydrogens is 387 g/mol. The fourth-order valence-corrected chi connectivity index (χ4v) is 3.17. The van der Waals surface area contributed by atoms with Crippen molar-refractivity contribution in [2.45, 2.75) is 20.4 Å². The second-order valence-electron chi connectivity index (χ2n) is 6.72. The van der Waals surface area contributed by atoms with Crippen molar-refractivity contribution < 1.29 is 9.18 Å². The van der Waals surface area contributed by atoms with Crippen molar-refractivity contribution in [3.05, 3.63) is 82.2 Å². The number of para-hydroxylation sites is 1. The van der Waals surface area contributed by atoms with Gasteiger partial charge < -0.3 is 9.88 Å². The quantitative estimate of drug-likeness (QED) is 0.550. The number of H-pyrrole nitrogens is 1. The summed E-state index contributed by atoms with van der Waals surface area (Å²) in [6.07, 6.45) is 0. The van der Waals surface area contributed by atoms with Crippen molar-refractivity contribution in [1.82, 2.24) is 29.6 Å². The van der Waals surface area contributed by atoms with E-state index in [4.69, 9.17) is 0 Å². The number of halogens is 1. The Labute approximate surface area is 171 Å². The van der Waals surface area contributed by atoms with Crippen LogP contribution in [0.15, 0.2) is 53.3 Å². The standard InChI is InChI=1S/C21H19FN6O2/c1-3-27(12-18-24-17-7-5-4-6-16(17)20(29)25-18)21(30)19-23-13(2)28(26-19)15-10-8-14(22)9-11-15/h4-11H,3,12H2,1-2H3,(H,24,25,29). The lowest BCUT2D eigenvalue weighted by molar-refractivity contribution is 0.0736. The molecule has 1 N–H and O–H groups in total. The largest absolute Gasteiger partial charge is 0.329 e. The summed E-state index contributed by atoms with van der Waals surface area (Å²) >= 11 is 0. The van der Waals surface area contributed by atoms with Crippen molar-refractivity contribution in [2.24, 2.45) is 0 Å². The highest BCUT2D eigenvalue weighted by Gasteiger charge is 2.22. The van der Waals surface area contributed by atoms with Gasteiger partial charge in [-0.05, 0) is 50.2 Å². The van der Waals surface area contributed by atoms with E-state index in [0.717, 1.165) is 0 Å². The van der Waals surface area contributed by atoms with Crippen molar-refractivity contribution >= 4 is 16.8 Å². The number of nitrogens with zero attached hydrogens (tertiary/aromatic N) is 5. The van der Waals surface area contributed by atoms with E-state index in [2.05, 4.69) is 20.1 Å². The minimum Gasteiger partial charge on any atom is -0.329 e. The average molecular weight is 406 g/mol. The zero-order valence-corrected chi connectivity index (χ0v) is 16.5. The maximum atomic E-state index is 13.2. The van der Waals surface area contributed by atoms with E-state index in [1.807, 2.05) is 6.92 Å². The molecule has 1 amide bonds. The molecule has 9 heteroatoms. The van der Waals surface area contributed by atoms with E-state index < -0.39 is 5.91 Å². The molecule has 2 aromatic heterocycles. The van der Waals surface area contributed by atoms with Crippen LogP contribution in [-0.2, 0) is 6.54 Å². The highest BCUT2D eigenvalue weighted by atomic mass is 19.1. The Hall–Kier alpha value is -3.88. The monoisotopic (exact) mass is 406 g/mol. The van der Waals surface area contributed by atoms with Gasteiger partial charge in [-0.2, -0.15) is 0 Å². The summed E-state index contributed by atoms with van der Waals surface area (Å²) in [5.41, 5.74) is 0.909. The molecule has 0 atom stereocenters. The molecule has 4 aromatic rings. The third kappa shape index (κ3) is 3.69. The van der Waals surface area contributed by atoms with E-state index in [0.29, 0.717) is 34.8 Å². The van der Waals surface area contributed by atoms with Crippen LogP contribution in [0.2, 0.25) is 0 Å². The molecule has 0 saturated carbocycles. The molecule has 0 bridgehead atoms. The summed E-state index contributed by atoms with van der Waals surface area (Å²) in [5, 5.41) is 4.78. The molecule has 0 fully saturated rings. The Balaban J connectivity index is 1.61. The summed E-state index contributed by atoms with van der Waals surface area (Å²) in [5.74, 6) is 0.141. The third-order valence-corrected chi connectivity index (χ3v) is 4.70. The van der Waals surface area contributed by atoms with Gasteiger partial charge in [-0.3, -0.25) is 9.59 Å². The minimum atomic E-state index is -0.391. The topological polar surface area (TPSA) is 96.8 Å². The molecule has 2 aromatic carbocycles. The molecule has 8 nitrogen and oxygen atoms in total. The van der Waals surface area contributed by atoms with Crippen molar-refractivity contribution in [3.8, 4) is 5.69 Å². The highest BCUT2D eigenvalue weighted by Crippen LogP contribution is 2.13. The van der Waals surface area contributed by atoms with Crippen LogP contribution < -0.4 is 5.56 Å². The van der Waals surface area contributed by atoms with Crippen LogP contribution in [0.3, 0.4) is 0 Å². The number of aryl methyl sites for hydroxylation is 1. The number of hydrogen-bond acceptors (Lipinski definition) is 5. The lowest BCUT2D eigenvalue weighted by Crippen LogP contribution is -2.32. The Bertz CT molecular complexity index is 1280. The van der Waals surface area contributed by atoms with Gasteiger partial charge in [0, 0.05) is 6.54 Å². The van der Waals surface area contributed by atoms with Crippen LogP contribution in [0.4, 0.5) is 4.39 Å². The second-order valence-corrected chi connectivity index (χ2v) is 6.72. The van der Waals surface area contributed by atoms with Crippen LogP contribution in [0, 0.1) is 12.7 Å². The number of amides is 1. The Morgan fingerprint density at radius 2 is 1.87 bits per heavy atom. The van der Waals surface area contributed by atoms with E-state index in [1.54, 1.807) is 43.3 Å². The second kappa shape index (κ2) is 7.86. The van der Waals surface area contributed by atoms with Gasteiger partial charge >= 0.3 is 0 Å². The number of benzene rings is 2. The Kier molecular flexibility index (Phi) is 5.09. The van der Waals surface area contributed by atoms with Gasteiger partial charge in [0.15, 0.2) is 0 Å². The molecule has 0 unspecified atom stereocenters. The van der Waals surface area contributed by atoms with E-state index in [1.165, 1.54) is 21.7 Å². The maximum absolute atomic E-state index is 13.2. The van der Waals surface area contributed by atoms with E-state index in [-0.39, 0.29) is 23.7 Å². The van der Waals surface area contributed by atoms with E-state index >= 15 is 0 Å². The smallest absolute Gasteiger partial charge is 0.293 e. The van der Waals surface area contributed by atoms with Crippen LogP contribution >= 0.6 is 0 Å². The Morgan fingerprint density at radius 3 is 2.60 bits per heavy atom. The molecule has 0 radical (unpaired) electrons. The van der Waals surface area contributed by atoms with Crippen LogP contribution in [0.1, 0.15) is 29.2 Å². The number of fused-ring (bicyclic) bond motifs is 1. The summed E-state index contributed by atoms with van der Waals surface area (Å²) in [4.78, 5) is 38.2. The predicted octanol–water partition coefficient (Wildman–Crippen LogP) is 2.61. The zero-order valence-electron chi connectivity index (χ0n) is 16.5. The molecule has 0 spiro atoms. The molecular formula is C21H19FN6O2. The first-order chi connectivity index (χ1) is 14.5. The SMILES string of the molecule is CCN(Cc1nc2ccccc2c(=O)[nH]1)C(=O)c1nc(C)n(-c2ccc(F)cc2)n1. The fourth-order valence-electron chi connectivity index (χ4n) is 3.17. The molecule has 2 heterocycles. The van der Waals surface area contributed by atoms with Crippen molar-refractivity contribution in [2.75, 3.05) is 6.54 Å². The first-order valence-corrected chi connectivity index (χ1v) is 9.43. The molecule has 0 aliphatic rings. The number of carbonyl (C=O) groups is 1. The number of carbonyl (C=O) groups excluding carboxylic acids is 1. The average Bonchev–Trinajstić information content (AvgIpc) is 3.14. The fraction of sp³-hybridized carbons (Fsp3) is 0.190. The predicted molar refractivity (Wildman–Crippen MR) is 109 cm³/mol. The van der Waals surface area contributed by atoms with Crippen LogP contribution in [0.5, 0.6) is 0 Å². The van der Waals surface area contributed by atoms with Crippen LogP contribution in [0.25, 0.3) is 16.6 Å². The Morgan fingerprint density at radius 1 is 1.13 bits per heavy atom. The first-order valence-electron chi connectivity index (χ1n) is 9.43. The summed E-state index contributed by atoms with van der Waals surface area (Å²) in [6, 6.07) is 12.8. The molecule has 0 saturated heterocycles. The minimum absolute atomic E-state index is 0.0156. The lowest BCUT2D eigenvalue weighted by Gasteiger charge is -2.18. The van der Waals surface area contributed by atoms with Gasteiger partial charge in [0.2, 0.25) is 5.82 Å². The van der Waals surface area contributed by atoms with Gasteiger partial charge in [0.1, 0.15) is 17.5 Å². The zero-order chi connectivity index (χ0) is 21.3. The summed E-state index contributed by atoms with van der Waals surface area (Å²) < 4.78 is 14.7. The third-order valence-electron chi connectivity index (χ3n) is 4.70. The molecule has 4 rings (SSSR count). The molecule has 0 aliphatic heterocycles. The number of hydrogen-bond donors (Lipinski definition) is 1. The number of nitrogens with one attached hydrogen (secondary N) is 1. The number of rotatable bonds is 5. The first kappa shape index (κ1) is 19.4. The van der Waals surface area contributed by atoms with E-state index in [9.17, 15) is 14.0 Å². The summed E-state index contributed by atoms with van der Waals surface area (Å²) in [7, 11) is 0. The van der Waals surface area contributed by atoms with Gasteiger partial charge in [-0.15, -0.1) is 5.10 Å². The summed E-state index contributed by atoms with van der Waals surface area (Å²) in [6.45, 7) is 4.02. The molecule has 0 aliphatic carbocycles. The van der Waals surface area contributed by atoms with Gasteiger partial charge in [-0.1, -0.05) is 12.1 Å².